The molecule has 3 rings (SSSR count). The zero-order chi connectivity index (χ0) is 15.3. The van der Waals surface area contributed by atoms with E-state index in [1.165, 1.54) is 7.11 Å². The summed E-state index contributed by atoms with van der Waals surface area (Å²) in [4.78, 5) is 24.6. The van der Waals surface area contributed by atoms with Crippen molar-refractivity contribution in [2.24, 2.45) is 28.6 Å². The van der Waals surface area contributed by atoms with Crippen molar-refractivity contribution in [2.45, 2.75) is 52.4 Å². The first-order chi connectivity index (χ1) is 9.93. The molecule has 0 saturated heterocycles. The van der Waals surface area contributed by atoms with E-state index in [1.807, 2.05) is 6.08 Å². The first-order valence-corrected chi connectivity index (χ1v) is 8.22. The average molecular weight is 290 g/mol. The van der Waals surface area contributed by atoms with Crippen molar-refractivity contribution < 1.29 is 14.3 Å². The second-order valence-corrected chi connectivity index (χ2v) is 7.65. The Bertz CT molecular complexity index is 495. The lowest BCUT2D eigenvalue weighted by molar-refractivity contribution is -0.173. The fourth-order valence-corrected chi connectivity index (χ4v) is 5.72. The number of hydrogen-bond donors (Lipinski definition) is 0. The van der Waals surface area contributed by atoms with Gasteiger partial charge in [-0.15, -0.1) is 0 Å². The molecular formula is C18H26O3. The Morgan fingerprint density at radius 1 is 1.29 bits per heavy atom. The molecule has 0 radical (unpaired) electrons. The van der Waals surface area contributed by atoms with Crippen LogP contribution in [0.3, 0.4) is 0 Å². The number of ketones is 1. The molecule has 0 aromatic carbocycles. The average Bonchev–Trinajstić information content (AvgIpc) is 2.47. The van der Waals surface area contributed by atoms with Crippen LogP contribution in [0.1, 0.15) is 52.4 Å². The molecule has 0 aromatic rings. The van der Waals surface area contributed by atoms with E-state index in [9.17, 15) is 9.59 Å². The van der Waals surface area contributed by atoms with Gasteiger partial charge in [-0.1, -0.05) is 19.4 Å². The lowest BCUT2D eigenvalue weighted by Gasteiger charge is -2.59. The highest BCUT2D eigenvalue weighted by molar-refractivity contribution is 5.93. The van der Waals surface area contributed by atoms with Gasteiger partial charge in [0, 0.05) is 5.92 Å². The number of carbonyl (C=O) groups is 2. The molecule has 116 valence electrons. The van der Waals surface area contributed by atoms with Crippen LogP contribution < -0.4 is 0 Å². The van der Waals surface area contributed by atoms with Gasteiger partial charge in [0.1, 0.15) is 0 Å². The first kappa shape index (κ1) is 14.8. The fraction of sp³-hybridized carbons (Fsp3) is 0.778. The van der Waals surface area contributed by atoms with E-state index in [1.54, 1.807) is 6.08 Å². The molecule has 0 unspecified atom stereocenters. The topological polar surface area (TPSA) is 43.4 Å². The molecule has 0 spiro atoms. The lowest BCUT2D eigenvalue weighted by Crippen LogP contribution is -2.56. The summed E-state index contributed by atoms with van der Waals surface area (Å²) in [7, 11) is 1.50. The highest BCUT2D eigenvalue weighted by Gasteiger charge is 2.59. The van der Waals surface area contributed by atoms with Crippen molar-refractivity contribution in [1.29, 1.82) is 0 Å². The molecule has 0 N–H and O–H groups in total. The molecule has 2 fully saturated rings. The van der Waals surface area contributed by atoms with Crippen LogP contribution in [0, 0.1) is 28.6 Å². The minimum Gasteiger partial charge on any atom is -0.469 e. The van der Waals surface area contributed by atoms with Gasteiger partial charge in [-0.05, 0) is 62.4 Å². The standard InChI is InChI=1S/C18H26O3/c1-17-10-5-11-18(2,16(20)21-3)15(17)9-8-12-13(17)6-4-7-14(12)19/h4,7,12-13,15H,5-6,8-11H2,1-3H3/t12-,13+,15-,17-,18+/m1/s1. The molecule has 3 aliphatic rings. The molecule has 0 amide bonds. The number of ether oxygens (including phenoxy) is 1. The molecule has 0 heterocycles. The van der Waals surface area contributed by atoms with Gasteiger partial charge in [0.15, 0.2) is 5.78 Å². The van der Waals surface area contributed by atoms with E-state index in [0.29, 0.717) is 17.6 Å². The Labute approximate surface area is 127 Å². The number of hydrogen-bond acceptors (Lipinski definition) is 3. The van der Waals surface area contributed by atoms with Crippen LogP contribution in [-0.4, -0.2) is 18.9 Å². The van der Waals surface area contributed by atoms with Gasteiger partial charge < -0.3 is 4.74 Å². The summed E-state index contributed by atoms with van der Waals surface area (Å²) in [6.07, 6.45) is 9.81. The van der Waals surface area contributed by atoms with E-state index in [4.69, 9.17) is 4.74 Å². The summed E-state index contributed by atoms with van der Waals surface area (Å²) in [6, 6.07) is 0. The van der Waals surface area contributed by atoms with E-state index in [0.717, 1.165) is 38.5 Å². The van der Waals surface area contributed by atoms with Gasteiger partial charge >= 0.3 is 5.97 Å². The summed E-state index contributed by atoms with van der Waals surface area (Å²) in [5.41, 5.74) is -0.290. The minimum absolute atomic E-state index is 0.0606. The largest absolute Gasteiger partial charge is 0.469 e. The Hall–Kier alpha value is -1.12. The number of allylic oxidation sites excluding steroid dienone is 2. The Kier molecular flexibility index (Phi) is 3.50. The molecule has 2 saturated carbocycles. The van der Waals surface area contributed by atoms with Gasteiger partial charge in [-0.3, -0.25) is 9.59 Å². The fourth-order valence-electron chi connectivity index (χ4n) is 5.72. The van der Waals surface area contributed by atoms with Crippen molar-refractivity contribution in [1.82, 2.24) is 0 Å². The van der Waals surface area contributed by atoms with E-state index in [-0.39, 0.29) is 22.7 Å². The molecule has 3 heteroatoms. The SMILES string of the molecule is COC(=O)[C@@]1(C)CCC[C@@]2(C)[C@H]1CC[C@H]1C(=O)C=CC[C@@H]12. The van der Waals surface area contributed by atoms with Crippen LogP contribution in [-0.2, 0) is 14.3 Å². The molecule has 3 aliphatic carbocycles. The van der Waals surface area contributed by atoms with Crippen LogP contribution >= 0.6 is 0 Å². The molecule has 0 aromatic heterocycles. The Balaban J connectivity index is 1.98. The van der Waals surface area contributed by atoms with E-state index in [2.05, 4.69) is 13.8 Å². The van der Waals surface area contributed by atoms with E-state index >= 15 is 0 Å². The maximum absolute atomic E-state index is 12.4. The predicted octanol–water partition coefficient (Wildman–Crippen LogP) is 3.53. The highest BCUT2D eigenvalue weighted by atomic mass is 16.5. The smallest absolute Gasteiger partial charge is 0.311 e. The zero-order valence-electron chi connectivity index (χ0n) is 13.4. The molecule has 0 bridgehead atoms. The van der Waals surface area contributed by atoms with Crippen LogP contribution in [0.4, 0.5) is 0 Å². The number of esters is 1. The third-order valence-electron chi connectivity index (χ3n) is 6.77. The normalized spacial score (nSPS) is 45.7. The molecule has 21 heavy (non-hydrogen) atoms. The molecule has 3 nitrogen and oxygen atoms in total. The summed E-state index contributed by atoms with van der Waals surface area (Å²) in [5.74, 6) is 1.16. The van der Waals surface area contributed by atoms with Crippen LogP contribution in [0.5, 0.6) is 0 Å². The third kappa shape index (κ3) is 2.00. The van der Waals surface area contributed by atoms with Gasteiger partial charge in [-0.25, -0.2) is 0 Å². The Morgan fingerprint density at radius 2 is 2.05 bits per heavy atom. The summed E-state index contributed by atoms with van der Waals surface area (Å²) in [5, 5.41) is 0. The van der Waals surface area contributed by atoms with Gasteiger partial charge in [0.25, 0.3) is 0 Å². The quantitative estimate of drug-likeness (QED) is 0.694. The molecule has 5 atom stereocenters. The second-order valence-electron chi connectivity index (χ2n) is 7.65. The monoisotopic (exact) mass is 290 g/mol. The molecular weight excluding hydrogens is 264 g/mol. The number of fused-ring (bicyclic) bond motifs is 3. The van der Waals surface area contributed by atoms with Crippen molar-refractivity contribution in [2.75, 3.05) is 7.11 Å². The lowest BCUT2D eigenvalue weighted by atomic mass is 9.44. The second kappa shape index (κ2) is 4.96. The first-order valence-electron chi connectivity index (χ1n) is 8.22. The maximum Gasteiger partial charge on any atom is 0.311 e. The van der Waals surface area contributed by atoms with Gasteiger partial charge in [0.2, 0.25) is 0 Å². The van der Waals surface area contributed by atoms with Crippen LogP contribution in [0.15, 0.2) is 12.2 Å². The summed E-state index contributed by atoms with van der Waals surface area (Å²) >= 11 is 0. The van der Waals surface area contributed by atoms with Crippen molar-refractivity contribution in [3.05, 3.63) is 12.2 Å². The number of methoxy groups -OCH3 is 1. The van der Waals surface area contributed by atoms with Crippen molar-refractivity contribution in [3.8, 4) is 0 Å². The minimum atomic E-state index is -0.378. The van der Waals surface area contributed by atoms with E-state index < -0.39 is 0 Å². The Morgan fingerprint density at radius 3 is 2.76 bits per heavy atom. The molecule has 0 aliphatic heterocycles. The summed E-state index contributed by atoms with van der Waals surface area (Å²) < 4.78 is 5.12. The van der Waals surface area contributed by atoms with Gasteiger partial charge in [0.05, 0.1) is 12.5 Å². The third-order valence-corrected chi connectivity index (χ3v) is 6.77. The van der Waals surface area contributed by atoms with Crippen molar-refractivity contribution >= 4 is 11.8 Å². The van der Waals surface area contributed by atoms with Gasteiger partial charge in [-0.2, -0.15) is 0 Å². The highest BCUT2D eigenvalue weighted by Crippen LogP contribution is 2.63. The maximum atomic E-state index is 12.4. The van der Waals surface area contributed by atoms with Crippen molar-refractivity contribution in [3.63, 3.8) is 0 Å². The zero-order valence-corrected chi connectivity index (χ0v) is 13.4. The van der Waals surface area contributed by atoms with Crippen LogP contribution in [0.2, 0.25) is 0 Å². The summed E-state index contributed by atoms with van der Waals surface area (Å²) in [6.45, 7) is 4.41. The predicted molar refractivity (Wildman–Crippen MR) is 80.5 cm³/mol. The number of rotatable bonds is 1. The van der Waals surface area contributed by atoms with Crippen LogP contribution in [0.25, 0.3) is 0 Å². The number of carbonyl (C=O) groups excluding carboxylic acids is 2.